The standard InChI is InChI=1S/C15H26BrNO2S2/c1-11(2)6-8-17(9-7-12(3)4)21(18,19)14-10-15(16)20-13(14)5/h10-12H,6-9H2,1-5H3. The lowest BCUT2D eigenvalue weighted by Crippen LogP contribution is -2.34. The Morgan fingerprint density at radius 3 is 1.95 bits per heavy atom. The molecule has 0 aliphatic rings. The molecule has 1 rings (SSSR count). The van der Waals surface area contributed by atoms with Crippen LogP contribution in [0.1, 0.15) is 45.4 Å². The summed E-state index contributed by atoms with van der Waals surface area (Å²) in [6.07, 6.45) is 1.78. The zero-order valence-electron chi connectivity index (χ0n) is 13.5. The number of hydrogen-bond donors (Lipinski definition) is 0. The molecule has 21 heavy (non-hydrogen) atoms. The van der Waals surface area contributed by atoms with E-state index in [4.69, 9.17) is 0 Å². The molecule has 0 unspecified atom stereocenters. The maximum atomic E-state index is 12.9. The molecule has 0 saturated carbocycles. The number of thiophene rings is 1. The number of rotatable bonds is 8. The molecule has 1 heterocycles. The van der Waals surface area contributed by atoms with Crippen LogP contribution in [0.2, 0.25) is 0 Å². The molecular formula is C15H26BrNO2S2. The van der Waals surface area contributed by atoms with Gasteiger partial charge in [-0.1, -0.05) is 27.7 Å². The first kappa shape index (κ1) is 19.1. The van der Waals surface area contributed by atoms with Crippen molar-refractivity contribution in [1.82, 2.24) is 4.31 Å². The number of halogens is 1. The van der Waals surface area contributed by atoms with Crippen LogP contribution >= 0.6 is 27.3 Å². The van der Waals surface area contributed by atoms with Gasteiger partial charge in [0, 0.05) is 18.0 Å². The molecule has 0 aromatic carbocycles. The summed E-state index contributed by atoms with van der Waals surface area (Å²) in [5.41, 5.74) is 0. The van der Waals surface area contributed by atoms with Crippen LogP contribution in [0.4, 0.5) is 0 Å². The highest BCUT2D eigenvalue weighted by Gasteiger charge is 2.27. The zero-order valence-corrected chi connectivity index (χ0v) is 16.7. The van der Waals surface area contributed by atoms with E-state index >= 15 is 0 Å². The van der Waals surface area contributed by atoms with Gasteiger partial charge in [0.25, 0.3) is 0 Å². The number of hydrogen-bond acceptors (Lipinski definition) is 3. The minimum atomic E-state index is -3.39. The fourth-order valence-corrected chi connectivity index (χ4v) is 5.84. The normalized spacial score (nSPS) is 12.8. The van der Waals surface area contributed by atoms with Crippen LogP contribution in [0, 0.1) is 18.8 Å². The quantitative estimate of drug-likeness (QED) is 0.627. The van der Waals surface area contributed by atoms with Crippen molar-refractivity contribution in [2.45, 2.75) is 52.4 Å². The zero-order chi connectivity index (χ0) is 16.2. The minimum Gasteiger partial charge on any atom is -0.207 e. The van der Waals surface area contributed by atoms with E-state index in [0.29, 0.717) is 29.8 Å². The van der Waals surface area contributed by atoms with E-state index in [0.717, 1.165) is 21.5 Å². The van der Waals surface area contributed by atoms with Gasteiger partial charge in [0.05, 0.1) is 8.68 Å². The summed E-state index contributed by atoms with van der Waals surface area (Å²) in [6.45, 7) is 11.6. The molecule has 0 aliphatic carbocycles. The van der Waals surface area contributed by atoms with Gasteiger partial charge < -0.3 is 0 Å². The van der Waals surface area contributed by atoms with Gasteiger partial charge in [0.1, 0.15) is 0 Å². The third-order valence-corrected chi connectivity index (χ3v) is 7.08. The van der Waals surface area contributed by atoms with Crippen LogP contribution in [0.25, 0.3) is 0 Å². The third kappa shape index (κ3) is 5.66. The SMILES string of the molecule is Cc1sc(Br)cc1S(=O)(=O)N(CCC(C)C)CCC(C)C. The fraction of sp³-hybridized carbons (Fsp3) is 0.733. The van der Waals surface area contributed by atoms with Crippen LogP contribution in [0.5, 0.6) is 0 Å². The highest BCUT2D eigenvalue weighted by molar-refractivity contribution is 9.11. The fourth-order valence-electron chi connectivity index (χ4n) is 1.98. The summed E-state index contributed by atoms with van der Waals surface area (Å²) < 4.78 is 28.3. The molecule has 1 aromatic heterocycles. The van der Waals surface area contributed by atoms with E-state index in [2.05, 4.69) is 43.6 Å². The van der Waals surface area contributed by atoms with Crippen molar-refractivity contribution < 1.29 is 8.42 Å². The third-order valence-electron chi connectivity index (χ3n) is 3.37. The van der Waals surface area contributed by atoms with Crippen molar-refractivity contribution in [3.05, 3.63) is 14.7 Å². The molecule has 0 aliphatic heterocycles. The van der Waals surface area contributed by atoms with Crippen molar-refractivity contribution >= 4 is 37.3 Å². The summed E-state index contributed by atoms with van der Waals surface area (Å²) >= 11 is 4.86. The largest absolute Gasteiger partial charge is 0.244 e. The molecule has 6 heteroatoms. The Morgan fingerprint density at radius 2 is 1.62 bits per heavy atom. The first-order chi connectivity index (χ1) is 9.64. The van der Waals surface area contributed by atoms with Gasteiger partial charge in [0.2, 0.25) is 10.0 Å². The number of aryl methyl sites for hydroxylation is 1. The van der Waals surface area contributed by atoms with Gasteiger partial charge in [-0.05, 0) is 53.6 Å². The van der Waals surface area contributed by atoms with Crippen molar-refractivity contribution in [3.63, 3.8) is 0 Å². The van der Waals surface area contributed by atoms with Gasteiger partial charge in [-0.2, -0.15) is 4.31 Å². The minimum absolute atomic E-state index is 0.451. The van der Waals surface area contributed by atoms with E-state index in [1.54, 1.807) is 10.4 Å². The average molecular weight is 396 g/mol. The molecule has 0 amide bonds. The maximum absolute atomic E-state index is 12.9. The van der Waals surface area contributed by atoms with E-state index in [-0.39, 0.29) is 0 Å². The summed E-state index contributed by atoms with van der Waals surface area (Å²) in [6, 6.07) is 1.73. The van der Waals surface area contributed by atoms with Crippen molar-refractivity contribution in [2.24, 2.45) is 11.8 Å². The lowest BCUT2D eigenvalue weighted by molar-refractivity contribution is 0.357. The van der Waals surface area contributed by atoms with Gasteiger partial charge in [-0.25, -0.2) is 8.42 Å². The Bertz CT molecular complexity index is 538. The van der Waals surface area contributed by atoms with Crippen molar-refractivity contribution in [3.8, 4) is 0 Å². The highest BCUT2D eigenvalue weighted by Crippen LogP contribution is 2.32. The second-order valence-electron chi connectivity index (χ2n) is 6.24. The van der Waals surface area contributed by atoms with Crippen LogP contribution in [-0.4, -0.2) is 25.8 Å². The summed E-state index contributed by atoms with van der Waals surface area (Å²) in [5.74, 6) is 0.995. The molecular weight excluding hydrogens is 370 g/mol. The van der Waals surface area contributed by atoms with E-state index in [1.807, 2.05) is 6.92 Å². The van der Waals surface area contributed by atoms with Crippen molar-refractivity contribution in [1.29, 1.82) is 0 Å². The Kier molecular flexibility index (Phi) is 7.37. The molecule has 3 nitrogen and oxygen atoms in total. The second kappa shape index (κ2) is 8.09. The van der Waals surface area contributed by atoms with E-state index in [9.17, 15) is 8.42 Å². The molecule has 0 saturated heterocycles. The second-order valence-corrected chi connectivity index (χ2v) is 10.8. The van der Waals surface area contributed by atoms with Crippen LogP contribution in [-0.2, 0) is 10.0 Å². The Hall–Kier alpha value is 0.0900. The highest BCUT2D eigenvalue weighted by atomic mass is 79.9. The topological polar surface area (TPSA) is 37.4 Å². The monoisotopic (exact) mass is 395 g/mol. The summed E-state index contributed by atoms with van der Waals surface area (Å²) in [7, 11) is -3.39. The first-order valence-electron chi connectivity index (χ1n) is 7.40. The summed E-state index contributed by atoms with van der Waals surface area (Å²) in [5, 5.41) is 0. The lowest BCUT2D eigenvalue weighted by atomic mass is 10.1. The number of sulfonamides is 1. The number of nitrogens with zero attached hydrogens (tertiary/aromatic N) is 1. The Labute approximate surface area is 141 Å². The van der Waals surface area contributed by atoms with Gasteiger partial charge in [-0.3, -0.25) is 0 Å². The predicted molar refractivity (Wildman–Crippen MR) is 94.4 cm³/mol. The molecule has 0 radical (unpaired) electrons. The lowest BCUT2D eigenvalue weighted by Gasteiger charge is -2.23. The van der Waals surface area contributed by atoms with Crippen molar-refractivity contribution in [2.75, 3.05) is 13.1 Å². The average Bonchev–Trinajstić information content (AvgIpc) is 2.68. The Balaban J connectivity index is 3.01. The molecule has 0 atom stereocenters. The summed E-state index contributed by atoms with van der Waals surface area (Å²) in [4.78, 5) is 1.30. The molecule has 0 bridgehead atoms. The molecule has 0 fully saturated rings. The molecule has 0 spiro atoms. The first-order valence-corrected chi connectivity index (χ1v) is 10.5. The predicted octanol–water partition coefficient (Wildman–Crippen LogP) is 4.90. The van der Waals surface area contributed by atoms with Gasteiger partial charge >= 0.3 is 0 Å². The molecule has 122 valence electrons. The van der Waals surface area contributed by atoms with Gasteiger partial charge in [0.15, 0.2) is 0 Å². The maximum Gasteiger partial charge on any atom is 0.244 e. The van der Waals surface area contributed by atoms with Crippen LogP contribution in [0.3, 0.4) is 0 Å². The van der Waals surface area contributed by atoms with Crippen LogP contribution < -0.4 is 0 Å². The molecule has 0 N–H and O–H groups in total. The van der Waals surface area contributed by atoms with E-state index < -0.39 is 10.0 Å². The van der Waals surface area contributed by atoms with Gasteiger partial charge in [-0.15, -0.1) is 11.3 Å². The Morgan fingerprint density at radius 1 is 1.14 bits per heavy atom. The van der Waals surface area contributed by atoms with E-state index in [1.165, 1.54) is 11.3 Å². The smallest absolute Gasteiger partial charge is 0.207 e. The molecule has 1 aromatic rings. The van der Waals surface area contributed by atoms with Crippen LogP contribution in [0.15, 0.2) is 14.7 Å².